The first-order valence-corrected chi connectivity index (χ1v) is 9.38. The Labute approximate surface area is 178 Å². The summed E-state index contributed by atoms with van der Waals surface area (Å²) in [7, 11) is 0. The third kappa shape index (κ3) is 4.56. The second-order valence-electron chi connectivity index (χ2n) is 6.64. The molecule has 156 valence electrons. The lowest BCUT2D eigenvalue weighted by Gasteiger charge is -2.11. The Balaban J connectivity index is 1.40. The van der Waals surface area contributed by atoms with Crippen molar-refractivity contribution in [3.05, 3.63) is 84.9 Å². The fourth-order valence-electron chi connectivity index (χ4n) is 2.78. The summed E-state index contributed by atoms with van der Waals surface area (Å²) >= 11 is 0. The van der Waals surface area contributed by atoms with E-state index in [1.807, 2.05) is 0 Å². The molecule has 0 fully saturated rings. The minimum atomic E-state index is -0.100. The van der Waals surface area contributed by atoms with Crippen molar-refractivity contribution in [3.63, 3.8) is 0 Å². The zero-order valence-corrected chi connectivity index (χ0v) is 16.4. The molecule has 4 aromatic carbocycles. The molecule has 0 saturated carbocycles. The lowest BCUT2D eigenvalue weighted by Crippen LogP contribution is -1.91. The summed E-state index contributed by atoms with van der Waals surface area (Å²) in [6, 6.07) is 23.7. The highest BCUT2D eigenvalue weighted by Gasteiger charge is 2.08. The van der Waals surface area contributed by atoms with Crippen LogP contribution in [0.5, 0.6) is 46.0 Å². The van der Waals surface area contributed by atoms with Crippen molar-refractivity contribution in [2.45, 2.75) is 0 Å². The molecule has 4 rings (SSSR count). The van der Waals surface area contributed by atoms with E-state index in [2.05, 4.69) is 0 Å². The van der Waals surface area contributed by atoms with Gasteiger partial charge in [-0.3, -0.25) is 0 Å². The quantitative estimate of drug-likeness (QED) is 0.237. The predicted molar refractivity (Wildman–Crippen MR) is 118 cm³/mol. The van der Waals surface area contributed by atoms with Crippen LogP contribution >= 0.6 is 0 Å². The predicted octanol–water partition coefficient (Wildman–Crippen LogP) is 5.64. The molecule has 0 spiro atoms. The Bertz CT molecular complexity index is 1100. The molecule has 0 saturated heterocycles. The fourth-order valence-corrected chi connectivity index (χ4v) is 2.78. The van der Waals surface area contributed by atoms with Crippen LogP contribution in [0.2, 0.25) is 0 Å². The zero-order valence-electron chi connectivity index (χ0n) is 16.4. The molecule has 0 aromatic heterocycles. The van der Waals surface area contributed by atoms with Crippen LogP contribution in [-0.4, -0.2) is 10.2 Å². The van der Waals surface area contributed by atoms with Crippen LogP contribution in [0.4, 0.5) is 11.4 Å². The third-order valence-corrected chi connectivity index (χ3v) is 4.40. The average molecular weight is 416 g/mol. The Morgan fingerprint density at radius 1 is 0.452 bits per heavy atom. The Hall–Kier alpha value is -4.52. The number of aromatic hydroxyl groups is 2. The molecule has 0 bridgehead atoms. The summed E-state index contributed by atoms with van der Waals surface area (Å²) < 4.78 is 17.1. The van der Waals surface area contributed by atoms with Crippen molar-refractivity contribution in [2.24, 2.45) is 0 Å². The number of hydrogen-bond donors (Lipinski definition) is 4. The van der Waals surface area contributed by atoms with Crippen LogP contribution in [0.15, 0.2) is 84.9 Å². The van der Waals surface area contributed by atoms with Crippen molar-refractivity contribution in [3.8, 4) is 46.0 Å². The second kappa shape index (κ2) is 8.46. The molecule has 0 unspecified atom stereocenters. The second-order valence-corrected chi connectivity index (χ2v) is 6.64. The van der Waals surface area contributed by atoms with Crippen molar-refractivity contribution in [1.29, 1.82) is 0 Å². The normalized spacial score (nSPS) is 10.5. The van der Waals surface area contributed by atoms with Crippen LogP contribution in [0, 0.1) is 0 Å². The van der Waals surface area contributed by atoms with Gasteiger partial charge < -0.3 is 35.9 Å². The molecule has 0 atom stereocenters. The van der Waals surface area contributed by atoms with E-state index in [0.717, 1.165) is 0 Å². The van der Waals surface area contributed by atoms with Crippen molar-refractivity contribution in [1.82, 2.24) is 0 Å². The lowest BCUT2D eigenvalue weighted by atomic mass is 10.2. The number of para-hydroxylation sites is 2. The van der Waals surface area contributed by atoms with Gasteiger partial charge in [0, 0.05) is 0 Å². The van der Waals surface area contributed by atoms with Crippen LogP contribution in [0.25, 0.3) is 0 Å². The Kier molecular flexibility index (Phi) is 5.40. The molecule has 0 heterocycles. The monoisotopic (exact) mass is 416 g/mol. The summed E-state index contributed by atoms with van der Waals surface area (Å²) in [4.78, 5) is 0. The number of phenolic OH excluding ortho intramolecular Hbond substituents is 2. The van der Waals surface area contributed by atoms with Crippen LogP contribution < -0.4 is 25.7 Å². The number of benzene rings is 4. The summed E-state index contributed by atoms with van der Waals surface area (Å²) in [5, 5.41) is 19.9. The zero-order chi connectivity index (χ0) is 21.8. The highest BCUT2D eigenvalue weighted by Crippen LogP contribution is 2.37. The third-order valence-electron chi connectivity index (χ3n) is 4.40. The highest BCUT2D eigenvalue weighted by atomic mass is 16.5. The smallest absolute Gasteiger partial charge is 0.181 e. The Morgan fingerprint density at radius 3 is 1.13 bits per heavy atom. The van der Waals surface area contributed by atoms with E-state index in [1.165, 1.54) is 0 Å². The highest BCUT2D eigenvalue weighted by molar-refractivity contribution is 5.60. The van der Waals surface area contributed by atoms with E-state index in [1.54, 1.807) is 84.9 Å². The molecule has 0 amide bonds. The van der Waals surface area contributed by atoms with Gasteiger partial charge >= 0.3 is 0 Å². The van der Waals surface area contributed by atoms with Gasteiger partial charge in [0.25, 0.3) is 0 Å². The van der Waals surface area contributed by atoms with Crippen LogP contribution in [-0.2, 0) is 0 Å². The number of nitrogens with two attached hydrogens (primary N) is 2. The number of nitrogen functional groups attached to an aromatic ring is 2. The first-order chi connectivity index (χ1) is 15.0. The van der Waals surface area contributed by atoms with Gasteiger partial charge in [-0.1, -0.05) is 12.1 Å². The van der Waals surface area contributed by atoms with Gasteiger partial charge in [-0.2, -0.15) is 0 Å². The van der Waals surface area contributed by atoms with E-state index in [-0.39, 0.29) is 34.4 Å². The number of anilines is 2. The summed E-state index contributed by atoms with van der Waals surface area (Å²) in [5.41, 5.74) is 11.8. The molecule has 6 N–H and O–H groups in total. The minimum absolute atomic E-state index is 0.100. The molecule has 0 aliphatic rings. The van der Waals surface area contributed by atoms with Gasteiger partial charge in [-0.05, 0) is 72.8 Å². The van der Waals surface area contributed by atoms with E-state index in [0.29, 0.717) is 23.0 Å². The van der Waals surface area contributed by atoms with E-state index in [9.17, 15) is 10.2 Å². The van der Waals surface area contributed by atoms with E-state index >= 15 is 0 Å². The van der Waals surface area contributed by atoms with Gasteiger partial charge in [-0.15, -0.1) is 0 Å². The number of rotatable bonds is 6. The fraction of sp³-hybridized carbons (Fsp3) is 0. The first-order valence-electron chi connectivity index (χ1n) is 9.38. The molecule has 31 heavy (non-hydrogen) atoms. The standard InChI is InChI=1S/C24H20N2O5/c25-19-3-1-5-21(23(19)27)30-17-11-7-15(8-12-17)29-16-9-13-18(14-10-16)31-22-6-2-4-20(26)24(22)28/h1-14,27-28H,25-26H2. The molecule has 0 aliphatic heterocycles. The van der Waals surface area contributed by atoms with Crippen molar-refractivity contribution in [2.75, 3.05) is 11.5 Å². The largest absolute Gasteiger partial charge is 0.503 e. The van der Waals surface area contributed by atoms with Gasteiger partial charge in [0.05, 0.1) is 11.4 Å². The maximum Gasteiger partial charge on any atom is 0.181 e. The van der Waals surface area contributed by atoms with E-state index < -0.39 is 0 Å². The van der Waals surface area contributed by atoms with Gasteiger partial charge in [0.2, 0.25) is 0 Å². The molecule has 0 aliphatic carbocycles. The molecule has 7 nitrogen and oxygen atoms in total. The number of phenols is 2. The molecule has 7 heteroatoms. The van der Waals surface area contributed by atoms with Gasteiger partial charge in [0.1, 0.15) is 23.0 Å². The van der Waals surface area contributed by atoms with Crippen LogP contribution in [0.1, 0.15) is 0 Å². The number of hydrogen-bond acceptors (Lipinski definition) is 7. The molecular formula is C24H20N2O5. The Morgan fingerprint density at radius 2 is 0.774 bits per heavy atom. The minimum Gasteiger partial charge on any atom is -0.503 e. The maximum absolute atomic E-state index is 9.95. The van der Waals surface area contributed by atoms with E-state index in [4.69, 9.17) is 25.7 Å². The molecular weight excluding hydrogens is 396 g/mol. The number of ether oxygens (including phenoxy) is 3. The topological polar surface area (TPSA) is 120 Å². The summed E-state index contributed by atoms with van der Waals surface area (Å²) in [6.45, 7) is 0. The summed E-state index contributed by atoms with van der Waals surface area (Å²) in [5.74, 6) is 2.61. The lowest BCUT2D eigenvalue weighted by molar-refractivity contribution is 0.411. The molecule has 0 radical (unpaired) electrons. The van der Waals surface area contributed by atoms with Crippen molar-refractivity contribution >= 4 is 11.4 Å². The summed E-state index contributed by atoms with van der Waals surface area (Å²) in [6.07, 6.45) is 0. The van der Waals surface area contributed by atoms with Crippen molar-refractivity contribution < 1.29 is 24.4 Å². The average Bonchev–Trinajstić information content (AvgIpc) is 2.77. The molecule has 4 aromatic rings. The van der Waals surface area contributed by atoms with Crippen LogP contribution in [0.3, 0.4) is 0 Å². The van der Waals surface area contributed by atoms with Gasteiger partial charge in [0.15, 0.2) is 23.0 Å². The van der Waals surface area contributed by atoms with Gasteiger partial charge in [-0.25, -0.2) is 0 Å². The maximum atomic E-state index is 9.95. The first kappa shape index (κ1) is 19.8. The SMILES string of the molecule is Nc1cccc(Oc2ccc(Oc3ccc(Oc4cccc(N)c4O)cc3)cc2)c1O.